The summed E-state index contributed by atoms with van der Waals surface area (Å²) in [5.41, 5.74) is 0.328. The third-order valence-corrected chi connectivity index (χ3v) is 4.80. The van der Waals surface area contributed by atoms with Crippen LogP contribution in [-0.4, -0.2) is 23.9 Å². The Morgan fingerprint density at radius 2 is 2.11 bits per heavy atom. The fraction of sp³-hybridized carbons (Fsp3) is 0.429. The van der Waals surface area contributed by atoms with Gasteiger partial charge in [-0.25, -0.2) is 0 Å². The molecule has 1 aromatic carbocycles. The molecule has 1 amide bonds. The molecule has 1 aromatic rings. The van der Waals surface area contributed by atoms with Crippen molar-refractivity contribution in [2.24, 2.45) is 5.41 Å². The Labute approximate surface area is 126 Å². The Hall–Kier alpha value is -1.05. The van der Waals surface area contributed by atoms with Gasteiger partial charge in [-0.05, 0) is 53.9 Å². The molecule has 0 bridgehead atoms. The minimum absolute atomic E-state index is 0.00245. The predicted molar refractivity (Wildman–Crippen MR) is 78.0 cm³/mol. The van der Waals surface area contributed by atoms with E-state index >= 15 is 0 Å². The fourth-order valence-electron chi connectivity index (χ4n) is 2.13. The van der Waals surface area contributed by atoms with Crippen LogP contribution in [0.15, 0.2) is 22.7 Å². The standard InChI is InChI=1S/C14H14BrClN2O/c1-14(9-17)4-6-18(7-5-14)13(19)10-2-3-12(16)11(15)8-10/h2-3,8H,4-7H2,1H3. The fourth-order valence-corrected chi connectivity index (χ4v) is 2.62. The summed E-state index contributed by atoms with van der Waals surface area (Å²) >= 11 is 9.24. The van der Waals surface area contributed by atoms with Crippen LogP contribution in [0, 0.1) is 16.7 Å². The van der Waals surface area contributed by atoms with E-state index in [1.807, 2.05) is 6.92 Å². The van der Waals surface area contributed by atoms with Gasteiger partial charge < -0.3 is 4.90 Å². The van der Waals surface area contributed by atoms with Crippen molar-refractivity contribution in [3.05, 3.63) is 33.3 Å². The van der Waals surface area contributed by atoms with Crippen molar-refractivity contribution in [3.8, 4) is 6.07 Å². The molecule has 0 atom stereocenters. The van der Waals surface area contributed by atoms with Gasteiger partial charge in [0.15, 0.2) is 0 Å². The number of amides is 1. The molecule has 0 spiro atoms. The maximum Gasteiger partial charge on any atom is 0.253 e. The van der Waals surface area contributed by atoms with E-state index in [1.165, 1.54) is 0 Å². The van der Waals surface area contributed by atoms with E-state index < -0.39 is 0 Å². The lowest BCUT2D eigenvalue weighted by Crippen LogP contribution is -2.41. The van der Waals surface area contributed by atoms with Crippen LogP contribution < -0.4 is 0 Å². The van der Waals surface area contributed by atoms with Gasteiger partial charge in [0.1, 0.15) is 0 Å². The number of benzene rings is 1. The molecule has 1 fully saturated rings. The number of carbonyl (C=O) groups excluding carboxylic acids is 1. The number of piperidine rings is 1. The van der Waals surface area contributed by atoms with Crippen molar-refractivity contribution in [1.82, 2.24) is 4.90 Å². The molecule has 0 aliphatic carbocycles. The second-order valence-electron chi connectivity index (χ2n) is 5.09. The molecule has 5 heteroatoms. The second kappa shape index (κ2) is 5.52. The zero-order valence-electron chi connectivity index (χ0n) is 10.6. The van der Waals surface area contributed by atoms with Crippen molar-refractivity contribution in [2.45, 2.75) is 19.8 Å². The molecular formula is C14H14BrClN2O. The van der Waals surface area contributed by atoms with E-state index in [-0.39, 0.29) is 11.3 Å². The first-order valence-corrected chi connectivity index (χ1v) is 7.28. The average Bonchev–Trinajstić information content (AvgIpc) is 2.42. The number of hydrogen-bond donors (Lipinski definition) is 0. The molecule has 0 aromatic heterocycles. The summed E-state index contributed by atoms with van der Waals surface area (Å²) in [4.78, 5) is 14.1. The Kier molecular flexibility index (Phi) is 4.17. The lowest BCUT2D eigenvalue weighted by Gasteiger charge is -2.35. The van der Waals surface area contributed by atoms with Gasteiger partial charge in [0, 0.05) is 23.1 Å². The van der Waals surface area contributed by atoms with Crippen LogP contribution in [-0.2, 0) is 0 Å². The molecule has 19 heavy (non-hydrogen) atoms. The summed E-state index contributed by atoms with van der Waals surface area (Å²) < 4.78 is 0.721. The average molecular weight is 342 g/mol. The highest BCUT2D eigenvalue weighted by molar-refractivity contribution is 9.10. The quantitative estimate of drug-likeness (QED) is 0.778. The first-order chi connectivity index (χ1) is 8.95. The zero-order valence-corrected chi connectivity index (χ0v) is 13.0. The maximum atomic E-state index is 12.3. The Balaban J connectivity index is 2.10. The number of carbonyl (C=O) groups is 1. The van der Waals surface area contributed by atoms with E-state index in [2.05, 4.69) is 22.0 Å². The first-order valence-electron chi connectivity index (χ1n) is 6.11. The summed E-state index contributed by atoms with van der Waals surface area (Å²) in [6, 6.07) is 7.51. The lowest BCUT2D eigenvalue weighted by molar-refractivity contribution is 0.0661. The number of rotatable bonds is 1. The van der Waals surface area contributed by atoms with E-state index in [9.17, 15) is 4.79 Å². The largest absolute Gasteiger partial charge is 0.339 e. The SMILES string of the molecule is CC1(C#N)CCN(C(=O)c2ccc(Cl)c(Br)c2)CC1. The summed E-state index contributed by atoms with van der Waals surface area (Å²) in [6.45, 7) is 3.21. The normalized spacial score (nSPS) is 17.9. The molecule has 100 valence electrons. The topological polar surface area (TPSA) is 44.1 Å². The molecular weight excluding hydrogens is 328 g/mol. The maximum absolute atomic E-state index is 12.3. The van der Waals surface area contributed by atoms with Crippen LogP contribution in [0.2, 0.25) is 5.02 Å². The van der Waals surface area contributed by atoms with Gasteiger partial charge in [0.2, 0.25) is 0 Å². The van der Waals surface area contributed by atoms with Crippen LogP contribution in [0.25, 0.3) is 0 Å². The summed E-state index contributed by atoms with van der Waals surface area (Å²) in [6.07, 6.45) is 1.45. The smallest absolute Gasteiger partial charge is 0.253 e. The van der Waals surface area contributed by atoms with Gasteiger partial charge in [-0.2, -0.15) is 5.26 Å². The number of likely N-dealkylation sites (tertiary alicyclic amines) is 1. The van der Waals surface area contributed by atoms with Gasteiger partial charge in [0.25, 0.3) is 5.91 Å². The third-order valence-electron chi connectivity index (χ3n) is 3.59. The second-order valence-corrected chi connectivity index (χ2v) is 6.36. The lowest BCUT2D eigenvalue weighted by atomic mass is 9.82. The third kappa shape index (κ3) is 3.10. The Bertz CT molecular complexity index is 545. The number of hydrogen-bond acceptors (Lipinski definition) is 2. The Morgan fingerprint density at radius 1 is 1.47 bits per heavy atom. The van der Waals surface area contributed by atoms with Gasteiger partial charge in [-0.1, -0.05) is 11.6 Å². The molecule has 1 saturated heterocycles. The zero-order chi connectivity index (χ0) is 14.0. The molecule has 2 rings (SSSR count). The van der Waals surface area contributed by atoms with E-state index in [4.69, 9.17) is 16.9 Å². The highest BCUT2D eigenvalue weighted by Crippen LogP contribution is 2.31. The summed E-state index contributed by atoms with van der Waals surface area (Å²) in [5, 5.41) is 9.67. The number of nitrogens with zero attached hydrogens (tertiary/aromatic N) is 2. The monoisotopic (exact) mass is 340 g/mol. The van der Waals surface area contributed by atoms with Gasteiger partial charge in [-0.15, -0.1) is 0 Å². The van der Waals surface area contributed by atoms with Crippen molar-refractivity contribution < 1.29 is 4.79 Å². The van der Waals surface area contributed by atoms with Crippen LogP contribution in [0.3, 0.4) is 0 Å². The number of halogens is 2. The van der Waals surface area contributed by atoms with Crippen molar-refractivity contribution in [1.29, 1.82) is 5.26 Å². The minimum atomic E-state index is -0.294. The summed E-state index contributed by atoms with van der Waals surface area (Å²) in [7, 11) is 0. The number of nitriles is 1. The van der Waals surface area contributed by atoms with Crippen LogP contribution in [0.4, 0.5) is 0 Å². The molecule has 0 saturated carbocycles. The van der Waals surface area contributed by atoms with E-state index in [0.29, 0.717) is 23.7 Å². The first kappa shape index (κ1) is 14.4. The van der Waals surface area contributed by atoms with Gasteiger partial charge >= 0.3 is 0 Å². The van der Waals surface area contributed by atoms with Crippen LogP contribution >= 0.6 is 27.5 Å². The molecule has 0 N–H and O–H groups in total. The van der Waals surface area contributed by atoms with Crippen molar-refractivity contribution >= 4 is 33.4 Å². The Morgan fingerprint density at radius 3 is 2.63 bits per heavy atom. The predicted octanol–water partition coefficient (Wildman–Crippen LogP) is 3.87. The molecule has 3 nitrogen and oxygen atoms in total. The molecule has 0 radical (unpaired) electrons. The van der Waals surface area contributed by atoms with Crippen molar-refractivity contribution in [2.75, 3.05) is 13.1 Å². The molecule has 1 aliphatic heterocycles. The molecule has 1 heterocycles. The molecule has 1 aliphatic rings. The van der Waals surface area contributed by atoms with Crippen molar-refractivity contribution in [3.63, 3.8) is 0 Å². The van der Waals surface area contributed by atoms with E-state index in [0.717, 1.165) is 17.3 Å². The highest BCUT2D eigenvalue weighted by atomic mass is 79.9. The van der Waals surface area contributed by atoms with Crippen LogP contribution in [0.1, 0.15) is 30.1 Å². The van der Waals surface area contributed by atoms with Crippen LogP contribution in [0.5, 0.6) is 0 Å². The van der Waals surface area contributed by atoms with Gasteiger partial charge in [-0.3, -0.25) is 4.79 Å². The minimum Gasteiger partial charge on any atom is -0.339 e. The molecule has 0 unspecified atom stereocenters. The highest BCUT2D eigenvalue weighted by Gasteiger charge is 2.32. The summed E-state index contributed by atoms with van der Waals surface area (Å²) in [5.74, 6) is -0.00245. The van der Waals surface area contributed by atoms with E-state index in [1.54, 1.807) is 23.1 Å². The van der Waals surface area contributed by atoms with Gasteiger partial charge in [0.05, 0.1) is 16.5 Å².